The second-order valence-corrected chi connectivity index (χ2v) is 7.65. The molecule has 27 heavy (non-hydrogen) atoms. The van der Waals surface area contributed by atoms with Crippen LogP contribution in [0.1, 0.15) is 54.1 Å². The summed E-state index contributed by atoms with van der Waals surface area (Å²) < 4.78 is 0. The number of aromatic nitrogens is 3. The zero-order valence-corrected chi connectivity index (χ0v) is 16.1. The van der Waals surface area contributed by atoms with Gasteiger partial charge in [0.15, 0.2) is 0 Å². The Morgan fingerprint density at radius 1 is 1.00 bits per heavy atom. The molecule has 4 rings (SSSR count). The average Bonchev–Trinajstić information content (AvgIpc) is 3.23. The number of nitrogens with zero attached hydrogens (tertiary/aromatic N) is 6. The van der Waals surface area contributed by atoms with Gasteiger partial charge in [0, 0.05) is 49.6 Å². The lowest BCUT2D eigenvalue weighted by molar-refractivity contribution is 0.492. The lowest BCUT2D eigenvalue weighted by atomic mass is 9.92. The molecule has 2 aromatic rings. The van der Waals surface area contributed by atoms with Crippen LogP contribution in [0.4, 0.5) is 11.6 Å². The Kier molecular flexibility index (Phi) is 4.93. The fourth-order valence-corrected chi connectivity index (χ4v) is 4.28. The van der Waals surface area contributed by atoms with Crippen molar-refractivity contribution in [2.75, 3.05) is 36.0 Å². The van der Waals surface area contributed by atoms with Gasteiger partial charge in [-0.15, -0.1) is 0 Å². The predicted octanol–water partition coefficient (Wildman–Crippen LogP) is 3.34. The van der Waals surface area contributed by atoms with E-state index < -0.39 is 0 Å². The van der Waals surface area contributed by atoms with Gasteiger partial charge in [0.1, 0.15) is 24.0 Å². The highest BCUT2D eigenvalue weighted by molar-refractivity contribution is 5.58. The molecule has 0 N–H and O–H groups in total. The van der Waals surface area contributed by atoms with E-state index in [1.807, 2.05) is 19.9 Å². The smallest absolute Gasteiger partial charge is 0.147 e. The van der Waals surface area contributed by atoms with E-state index in [-0.39, 0.29) is 0 Å². The van der Waals surface area contributed by atoms with E-state index in [1.165, 1.54) is 12.8 Å². The number of anilines is 2. The van der Waals surface area contributed by atoms with E-state index in [0.717, 1.165) is 67.6 Å². The molecule has 0 unspecified atom stereocenters. The Morgan fingerprint density at radius 3 is 2.44 bits per heavy atom. The van der Waals surface area contributed by atoms with Crippen LogP contribution < -0.4 is 9.80 Å². The van der Waals surface area contributed by atoms with Gasteiger partial charge in [0.05, 0.1) is 5.56 Å². The largest absolute Gasteiger partial charge is 0.357 e. The van der Waals surface area contributed by atoms with Crippen LogP contribution in [0.2, 0.25) is 0 Å². The second-order valence-electron chi connectivity index (χ2n) is 7.65. The maximum Gasteiger partial charge on any atom is 0.147 e. The van der Waals surface area contributed by atoms with E-state index in [9.17, 15) is 5.26 Å². The van der Waals surface area contributed by atoms with Gasteiger partial charge in [-0.2, -0.15) is 5.26 Å². The Balaban J connectivity index is 1.48. The summed E-state index contributed by atoms with van der Waals surface area (Å²) in [5.41, 5.74) is 3.83. The summed E-state index contributed by atoms with van der Waals surface area (Å²) >= 11 is 0. The topological polar surface area (TPSA) is 68.9 Å². The van der Waals surface area contributed by atoms with Crippen molar-refractivity contribution in [1.82, 2.24) is 15.0 Å². The molecule has 2 aromatic heterocycles. The maximum atomic E-state index is 9.55. The van der Waals surface area contributed by atoms with Crippen molar-refractivity contribution >= 4 is 11.6 Å². The van der Waals surface area contributed by atoms with E-state index in [0.29, 0.717) is 11.5 Å². The summed E-state index contributed by atoms with van der Waals surface area (Å²) in [4.78, 5) is 18.3. The number of nitriles is 1. The van der Waals surface area contributed by atoms with Gasteiger partial charge in [-0.1, -0.05) is 0 Å². The average molecular weight is 362 g/mol. The van der Waals surface area contributed by atoms with Gasteiger partial charge in [-0.25, -0.2) is 15.0 Å². The van der Waals surface area contributed by atoms with Crippen molar-refractivity contribution in [3.05, 3.63) is 41.0 Å². The Bertz CT molecular complexity index is 857. The second kappa shape index (κ2) is 7.51. The molecular formula is C21H26N6. The summed E-state index contributed by atoms with van der Waals surface area (Å²) in [5.74, 6) is 2.36. The van der Waals surface area contributed by atoms with E-state index in [1.54, 1.807) is 6.33 Å². The normalized spacial score (nSPS) is 18.0. The number of aryl methyl sites for hydroxylation is 2. The van der Waals surface area contributed by atoms with E-state index >= 15 is 0 Å². The Labute approximate surface area is 160 Å². The van der Waals surface area contributed by atoms with Gasteiger partial charge < -0.3 is 9.80 Å². The summed E-state index contributed by atoms with van der Waals surface area (Å²) in [6.07, 6.45) is 6.27. The van der Waals surface area contributed by atoms with Crippen molar-refractivity contribution < 1.29 is 0 Å². The third-order valence-electron chi connectivity index (χ3n) is 5.75. The highest BCUT2D eigenvalue weighted by Gasteiger charge is 2.25. The molecule has 0 spiro atoms. The number of hydrogen-bond donors (Lipinski definition) is 0. The fraction of sp³-hybridized carbons (Fsp3) is 0.524. The monoisotopic (exact) mass is 362 g/mol. The molecule has 4 heterocycles. The van der Waals surface area contributed by atoms with Crippen molar-refractivity contribution in [3.8, 4) is 6.07 Å². The summed E-state index contributed by atoms with van der Waals surface area (Å²) in [5, 5.41) is 9.55. The summed E-state index contributed by atoms with van der Waals surface area (Å²) in [6.45, 7) is 7.99. The minimum Gasteiger partial charge on any atom is -0.357 e. The molecule has 0 aromatic carbocycles. The zero-order valence-electron chi connectivity index (χ0n) is 16.1. The fourth-order valence-electron chi connectivity index (χ4n) is 4.28. The molecular weight excluding hydrogens is 336 g/mol. The van der Waals surface area contributed by atoms with Crippen LogP contribution in [-0.2, 0) is 0 Å². The van der Waals surface area contributed by atoms with Crippen molar-refractivity contribution in [1.29, 1.82) is 5.26 Å². The number of piperidine rings is 1. The molecule has 0 amide bonds. The molecule has 2 aliphatic rings. The van der Waals surface area contributed by atoms with Crippen LogP contribution in [0.15, 0.2) is 18.5 Å². The molecule has 0 bridgehead atoms. The zero-order chi connectivity index (χ0) is 18.8. The van der Waals surface area contributed by atoms with Crippen molar-refractivity contribution in [2.24, 2.45) is 0 Å². The van der Waals surface area contributed by atoms with Crippen LogP contribution in [0.25, 0.3) is 0 Å². The van der Waals surface area contributed by atoms with Crippen LogP contribution in [-0.4, -0.2) is 41.1 Å². The highest BCUT2D eigenvalue weighted by atomic mass is 15.2. The first kappa shape index (κ1) is 17.7. The van der Waals surface area contributed by atoms with Crippen molar-refractivity contribution in [3.63, 3.8) is 0 Å². The molecule has 0 aliphatic carbocycles. The molecule has 6 heteroatoms. The summed E-state index contributed by atoms with van der Waals surface area (Å²) in [7, 11) is 0. The minimum absolute atomic E-state index is 0.446. The summed E-state index contributed by atoms with van der Waals surface area (Å²) in [6, 6.07) is 6.50. The third-order valence-corrected chi connectivity index (χ3v) is 5.75. The molecule has 6 nitrogen and oxygen atoms in total. The highest BCUT2D eigenvalue weighted by Crippen LogP contribution is 2.32. The molecule has 0 saturated carbocycles. The van der Waals surface area contributed by atoms with E-state index in [4.69, 9.17) is 0 Å². The van der Waals surface area contributed by atoms with Crippen molar-refractivity contribution in [2.45, 2.75) is 45.4 Å². The van der Waals surface area contributed by atoms with Crippen LogP contribution in [0.5, 0.6) is 0 Å². The third kappa shape index (κ3) is 3.59. The lowest BCUT2D eigenvalue weighted by Gasteiger charge is -2.33. The predicted molar refractivity (Wildman–Crippen MR) is 106 cm³/mol. The van der Waals surface area contributed by atoms with E-state index in [2.05, 4.69) is 36.9 Å². The van der Waals surface area contributed by atoms with Crippen LogP contribution in [0.3, 0.4) is 0 Å². The molecule has 0 atom stereocenters. The first-order chi connectivity index (χ1) is 13.2. The SMILES string of the molecule is Cc1cc(C)c(C#N)c(N2CCC(c3cc(N4CCCC4)ncn3)CC2)n1. The van der Waals surface area contributed by atoms with Gasteiger partial charge in [0.25, 0.3) is 0 Å². The van der Waals surface area contributed by atoms with Gasteiger partial charge in [0.2, 0.25) is 0 Å². The standard InChI is InChI=1S/C21H26N6/c1-15-11-16(2)25-21(18(15)13-22)27-9-5-17(6-10-27)19-12-20(24-14-23-19)26-7-3-4-8-26/h11-12,14,17H,3-10H2,1-2H3. The quantitative estimate of drug-likeness (QED) is 0.834. The Morgan fingerprint density at radius 2 is 1.74 bits per heavy atom. The number of pyridine rings is 1. The molecule has 140 valence electrons. The minimum atomic E-state index is 0.446. The molecule has 0 radical (unpaired) electrons. The molecule has 2 aliphatic heterocycles. The van der Waals surface area contributed by atoms with Crippen LogP contribution in [0, 0.1) is 25.2 Å². The number of hydrogen-bond acceptors (Lipinski definition) is 6. The first-order valence-electron chi connectivity index (χ1n) is 9.86. The van der Waals surface area contributed by atoms with Crippen LogP contribution >= 0.6 is 0 Å². The molecule has 2 saturated heterocycles. The van der Waals surface area contributed by atoms with Gasteiger partial charge in [-0.05, 0) is 51.2 Å². The first-order valence-corrected chi connectivity index (χ1v) is 9.86. The Hall–Kier alpha value is -2.68. The number of rotatable bonds is 3. The molecule has 2 fully saturated rings. The lowest BCUT2D eigenvalue weighted by Crippen LogP contribution is -2.34. The maximum absolute atomic E-state index is 9.55. The van der Waals surface area contributed by atoms with Gasteiger partial charge in [-0.3, -0.25) is 0 Å². The van der Waals surface area contributed by atoms with Gasteiger partial charge >= 0.3 is 0 Å².